The lowest BCUT2D eigenvalue weighted by molar-refractivity contribution is -0.131. The number of hydrogen-bond donors (Lipinski definition) is 2. The van der Waals surface area contributed by atoms with Gasteiger partial charge < -0.3 is 24.7 Å². The summed E-state index contributed by atoms with van der Waals surface area (Å²) in [5, 5.41) is 7.54. The average Bonchev–Trinajstić information content (AvgIpc) is 3.52. The summed E-state index contributed by atoms with van der Waals surface area (Å²) in [5.41, 5.74) is 2.50. The van der Waals surface area contributed by atoms with Crippen molar-refractivity contribution >= 4 is 40.1 Å². The number of fused-ring (bicyclic) bond motifs is 2. The highest BCUT2D eigenvalue weighted by molar-refractivity contribution is 6.31. The zero-order valence-electron chi connectivity index (χ0n) is 17.5. The SMILES string of the molecule is CN(Cc1nc2ccc(Cl)cc2[nH]1)C(=O)Cn1cc(NC(=O)c2ccc3c(c2)OCO3)cn1. The van der Waals surface area contributed by atoms with Gasteiger partial charge in [-0.2, -0.15) is 5.10 Å². The van der Waals surface area contributed by atoms with Crippen LogP contribution in [-0.4, -0.2) is 50.3 Å². The van der Waals surface area contributed by atoms with Gasteiger partial charge in [-0.1, -0.05) is 11.6 Å². The van der Waals surface area contributed by atoms with Crippen LogP contribution in [-0.2, 0) is 17.9 Å². The van der Waals surface area contributed by atoms with Crippen molar-refractivity contribution in [3.8, 4) is 11.5 Å². The van der Waals surface area contributed by atoms with E-state index >= 15 is 0 Å². The van der Waals surface area contributed by atoms with E-state index in [9.17, 15) is 9.59 Å². The van der Waals surface area contributed by atoms with E-state index in [0.717, 1.165) is 11.0 Å². The van der Waals surface area contributed by atoms with Crippen LogP contribution in [0.5, 0.6) is 11.5 Å². The Kier molecular flexibility index (Phi) is 5.35. The Morgan fingerprint density at radius 1 is 1.21 bits per heavy atom. The molecule has 2 aromatic heterocycles. The number of aromatic nitrogens is 4. The fourth-order valence-electron chi connectivity index (χ4n) is 3.44. The first-order valence-corrected chi connectivity index (χ1v) is 10.4. The highest BCUT2D eigenvalue weighted by Crippen LogP contribution is 2.32. The van der Waals surface area contributed by atoms with E-state index in [2.05, 4.69) is 20.4 Å². The fourth-order valence-corrected chi connectivity index (χ4v) is 3.61. The van der Waals surface area contributed by atoms with Crippen LogP contribution in [0, 0.1) is 0 Å². The minimum atomic E-state index is -0.318. The predicted octanol–water partition coefficient (Wildman–Crippen LogP) is 3.05. The molecule has 2 N–H and O–H groups in total. The van der Waals surface area contributed by atoms with Gasteiger partial charge >= 0.3 is 0 Å². The molecule has 168 valence electrons. The van der Waals surface area contributed by atoms with Crippen molar-refractivity contribution in [1.29, 1.82) is 0 Å². The number of aromatic amines is 1. The monoisotopic (exact) mass is 466 g/mol. The number of likely N-dealkylation sites (N-methyl/N-ethyl adjacent to an activating group) is 1. The zero-order valence-corrected chi connectivity index (χ0v) is 18.3. The first kappa shape index (κ1) is 20.8. The van der Waals surface area contributed by atoms with Crippen molar-refractivity contribution in [2.24, 2.45) is 0 Å². The summed E-state index contributed by atoms with van der Waals surface area (Å²) in [4.78, 5) is 34.3. The number of rotatable bonds is 6. The lowest BCUT2D eigenvalue weighted by atomic mass is 10.2. The van der Waals surface area contributed by atoms with Crippen molar-refractivity contribution in [3.05, 3.63) is 65.2 Å². The zero-order chi connectivity index (χ0) is 22.9. The van der Waals surface area contributed by atoms with Crippen molar-refractivity contribution in [1.82, 2.24) is 24.6 Å². The number of carbonyl (C=O) groups is 2. The molecule has 0 saturated heterocycles. The number of nitrogens with zero attached hydrogens (tertiary/aromatic N) is 4. The lowest BCUT2D eigenvalue weighted by Gasteiger charge is -2.15. The number of amides is 2. The second-order valence-corrected chi connectivity index (χ2v) is 7.98. The summed E-state index contributed by atoms with van der Waals surface area (Å²) >= 11 is 6.01. The molecule has 11 heteroatoms. The maximum atomic E-state index is 12.6. The van der Waals surface area contributed by atoms with Crippen LogP contribution in [0.15, 0.2) is 48.8 Å². The smallest absolute Gasteiger partial charge is 0.255 e. The van der Waals surface area contributed by atoms with Crippen molar-refractivity contribution in [2.75, 3.05) is 19.2 Å². The van der Waals surface area contributed by atoms with Crippen LogP contribution >= 0.6 is 11.6 Å². The summed E-state index contributed by atoms with van der Waals surface area (Å²) in [7, 11) is 1.69. The Balaban J connectivity index is 1.19. The Labute approximate surface area is 193 Å². The first-order chi connectivity index (χ1) is 15.9. The van der Waals surface area contributed by atoms with Crippen LogP contribution in [0.25, 0.3) is 11.0 Å². The molecule has 3 heterocycles. The number of benzene rings is 2. The molecule has 4 aromatic rings. The Morgan fingerprint density at radius 2 is 2.06 bits per heavy atom. The maximum Gasteiger partial charge on any atom is 0.255 e. The van der Waals surface area contributed by atoms with Gasteiger partial charge in [-0.25, -0.2) is 4.98 Å². The fraction of sp³-hybridized carbons (Fsp3) is 0.182. The molecule has 0 aliphatic carbocycles. The largest absolute Gasteiger partial charge is 0.454 e. The van der Waals surface area contributed by atoms with Gasteiger partial charge in [-0.15, -0.1) is 0 Å². The van der Waals surface area contributed by atoms with Crippen molar-refractivity contribution < 1.29 is 19.1 Å². The minimum Gasteiger partial charge on any atom is -0.454 e. The standard InChI is InChI=1S/C22H19ClN6O4/c1-28(10-20-26-16-4-3-14(23)7-17(16)27-20)21(30)11-29-9-15(8-24-29)25-22(31)13-2-5-18-19(6-13)33-12-32-18/h2-9H,10-12H2,1H3,(H,25,31)(H,26,27). The number of imidazole rings is 1. The number of halogens is 1. The molecule has 0 saturated carbocycles. The molecule has 2 amide bonds. The molecule has 0 atom stereocenters. The molecule has 2 aromatic carbocycles. The third-order valence-electron chi connectivity index (χ3n) is 5.13. The van der Waals surface area contributed by atoms with Crippen molar-refractivity contribution in [3.63, 3.8) is 0 Å². The van der Waals surface area contributed by atoms with Gasteiger partial charge in [-0.3, -0.25) is 14.3 Å². The molecule has 33 heavy (non-hydrogen) atoms. The van der Waals surface area contributed by atoms with Crippen LogP contribution in [0.3, 0.4) is 0 Å². The van der Waals surface area contributed by atoms with Gasteiger partial charge in [-0.05, 0) is 36.4 Å². The molecule has 0 spiro atoms. The van der Waals surface area contributed by atoms with E-state index in [0.29, 0.717) is 40.1 Å². The summed E-state index contributed by atoms with van der Waals surface area (Å²) in [6, 6.07) is 10.3. The van der Waals surface area contributed by atoms with Crippen LogP contribution < -0.4 is 14.8 Å². The molecular weight excluding hydrogens is 448 g/mol. The predicted molar refractivity (Wildman–Crippen MR) is 120 cm³/mol. The summed E-state index contributed by atoms with van der Waals surface area (Å²) in [5.74, 6) is 1.31. The molecule has 5 rings (SSSR count). The van der Waals surface area contributed by atoms with E-state index in [1.165, 1.54) is 10.9 Å². The Morgan fingerprint density at radius 3 is 2.94 bits per heavy atom. The topological polar surface area (TPSA) is 114 Å². The molecule has 1 aliphatic heterocycles. The maximum absolute atomic E-state index is 12.6. The van der Waals surface area contributed by atoms with E-state index in [1.54, 1.807) is 48.5 Å². The summed E-state index contributed by atoms with van der Waals surface area (Å²) in [6.45, 7) is 0.461. The van der Waals surface area contributed by atoms with Crippen LogP contribution in [0.1, 0.15) is 16.2 Å². The van der Waals surface area contributed by atoms with Gasteiger partial charge in [0, 0.05) is 23.8 Å². The van der Waals surface area contributed by atoms with Gasteiger partial charge in [0.25, 0.3) is 5.91 Å². The van der Waals surface area contributed by atoms with Gasteiger partial charge in [0.05, 0.1) is 29.5 Å². The van der Waals surface area contributed by atoms with Crippen molar-refractivity contribution in [2.45, 2.75) is 13.1 Å². The molecule has 0 unspecified atom stereocenters. The summed E-state index contributed by atoms with van der Waals surface area (Å²) in [6.07, 6.45) is 3.08. The number of H-pyrrole nitrogens is 1. The molecule has 10 nitrogen and oxygen atoms in total. The molecule has 0 bridgehead atoms. The Hall–Kier alpha value is -4.05. The number of nitrogens with one attached hydrogen (secondary N) is 2. The highest BCUT2D eigenvalue weighted by atomic mass is 35.5. The third kappa shape index (κ3) is 4.46. The number of hydrogen-bond acceptors (Lipinski definition) is 6. The van der Waals surface area contributed by atoms with Crippen LogP contribution in [0.2, 0.25) is 5.02 Å². The lowest BCUT2D eigenvalue weighted by Crippen LogP contribution is -2.30. The van der Waals surface area contributed by atoms with Gasteiger partial charge in [0.1, 0.15) is 12.4 Å². The molecule has 0 radical (unpaired) electrons. The van der Waals surface area contributed by atoms with E-state index in [4.69, 9.17) is 21.1 Å². The molecule has 0 fully saturated rings. The number of ether oxygens (including phenoxy) is 2. The summed E-state index contributed by atoms with van der Waals surface area (Å²) < 4.78 is 12.0. The number of carbonyl (C=O) groups excluding carboxylic acids is 2. The second kappa shape index (κ2) is 8.47. The van der Waals surface area contributed by atoms with E-state index in [-0.39, 0.29) is 25.2 Å². The van der Waals surface area contributed by atoms with E-state index < -0.39 is 0 Å². The van der Waals surface area contributed by atoms with Gasteiger partial charge in [0.15, 0.2) is 11.5 Å². The second-order valence-electron chi connectivity index (χ2n) is 7.54. The first-order valence-electron chi connectivity index (χ1n) is 10.1. The Bertz CT molecular complexity index is 1360. The minimum absolute atomic E-state index is 0.0163. The average molecular weight is 467 g/mol. The van der Waals surface area contributed by atoms with Gasteiger partial charge in [0.2, 0.25) is 12.7 Å². The highest BCUT2D eigenvalue weighted by Gasteiger charge is 2.17. The molecule has 1 aliphatic rings. The normalized spacial score (nSPS) is 12.2. The number of anilines is 1. The van der Waals surface area contributed by atoms with E-state index in [1.807, 2.05) is 6.07 Å². The molecular formula is C22H19ClN6O4. The van der Waals surface area contributed by atoms with Crippen LogP contribution in [0.4, 0.5) is 5.69 Å². The quantitative estimate of drug-likeness (QED) is 0.451. The third-order valence-corrected chi connectivity index (χ3v) is 5.36.